The fourth-order valence-corrected chi connectivity index (χ4v) is 2.29. The average molecular weight is 314 g/mol. The third-order valence-electron chi connectivity index (χ3n) is 3.27. The zero-order valence-electron chi connectivity index (χ0n) is 11.7. The Labute approximate surface area is 131 Å². The lowest BCUT2D eigenvalue weighted by Crippen LogP contribution is -2.03. The van der Waals surface area contributed by atoms with Gasteiger partial charge in [-0.2, -0.15) is 0 Å². The lowest BCUT2D eigenvalue weighted by molar-refractivity contribution is 0.0691. The van der Waals surface area contributed by atoms with Crippen molar-refractivity contribution in [2.24, 2.45) is 0 Å². The minimum Gasteiger partial charge on any atom is -0.476 e. The molecule has 0 unspecified atom stereocenters. The van der Waals surface area contributed by atoms with Gasteiger partial charge in [0.2, 0.25) is 0 Å². The van der Waals surface area contributed by atoms with Gasteiger partial charge in [-0.3, -0.25) is 0 Å². The number of carbonyl (C=O) groups is 1. The Morgan fingerprint density at radius 1 is 1.09 bits per heavy atom. The van der Waals surface area contributed by atoms with Gasteiger partial charge in [0, 0.05) is 10.6 Å². The molecule has 6 heteroatoms. The number of aryl methyl sites for hydroxylation is 1. The molecule has 3 aromatic rings. The van der Waals surface area contributed by atoms with E-state index in [4.69, 9.17) is 11.6 Å². The third-order valence-corrected chi connectivity index (χ3v) is 3.52. The molecule has 110 valence electrons. The summed E-state index contributed by atoms with van der Waals surface area (Å²) in [7, 11) is 0. The number of benzene rings is 2. The lowest BCUT2D eigenvalue weighted by Gasteiger charge is -2.08. The van der Waals surface area contributed by atoms with Crippen LogP contribution in [0.4, 0.5) is 0 Å². The molecule has 0 radical (unpaired) electrons. The first kappa shape index (κ1) is 14.3. The molecule has 0 saturated heterocycles. The maximum Gasteiger partial charge on any atom is 0.358 e. The van der Waals surface area contributed by atoms with Crippen LogP contribution in [-0.2, 0) is 0 Å². The fraction of sp³-hybridized carbons (Fsp3) is 0.0625. The summed E-state index contributed by atoms with van der Waals surface area (Å²) in [4.78, 5) is 11.4. The second-order valence-corrected chi connectivity index (χ2v) is 5.28. The van der Waals surface area contributed by atoms with E-state index in [1.807, 2.05) is 31.2 Å². The van der Waals surface area contributed by atoms with Crippen molar-refractivity contribution < 1.29 is 9.90 Å². The van der Waals surface area contributed by atoms with Crippen molar-refractivity contribution in [1.82, 2.24) is 15.0 Å². The standard InChI is InChI=1S/C16H12ClN3O2/c1-10-2-4-11(5-3-10)15-14(16(21)22)18-19-20(15)13-8-6-12(17)7-9-13/h2-9H,1H3,(H,21,22). The Morgan fingerprint density at radius 2 is 1.73 bits per heavy atom. The second kappa shape index (κ2) is 5.61. The fourth-order valence-electron chi connectivity index (χ4n) is 2.16. The van der Waals surface area contributed by atoms with E-state index < -0.39 is 5.97 Å². The van der Waals surface area contributed by atoms with Gasteiger partial charge in [0.1, 0.15) is 5.69 Å². The lowest BCUT2D eigenvalue weighted by atomic mass is 10.1. The molecule has 0 aliphatic rings. The summed E-state index contributed by atoms with van der Waals surface area (Å²) in [5, 5.41) is 17.7. The Morgan fingerprint density at radius 3 is 2.32 bits per heavy atom. The van der Waals surface area contributed by atoms with E-state index in [1.165, 1.54) is 4.68 Å². The van der Waals surface area contributed by atoms with E-state index >= 15 is 0 Å². The highest BCUT2D eigenvalue weighted by molar-refractivity contribution is 6.30. The van der Waals surface area contributed by atoms with E-state index in [0.717, 1.165) is 11.1 Å². The van der Waals surface area contributed by atoms with Gasteiger partial charge >= 0.3 is 5.97 Å². The maximum atomic E-state index is 11.4. The van der Waals surface area contributed by atoms with E-state index in [9.17, 15) is 9.90 Å². The minimum atomic E-state index is -1.12. The van der Waals surface area contributed by atoms with Crippen LogP contribution in [-0.4, -0.2) is 26.1 Å². The quantitative estimate of drug-likeness (QED) is 0.802. The number of aromatic nitrogens is 3. The molecule has 0 spiro atoms. The summed E-state index contributed by atoms with van der Waals surface area (Å²) in [6.45, 7) is 1.97. The Balaban J connectivity index is 2.21. The van der Waals surface area contributed by atoms with Crippen molar-refractivity contribution in [3.05, 3.63) is 64.8 Å². The molecule has 0 aliphatic carbocycles. The van der Waals surface area contributed by atoms with E-state index in [0.29, 0.717) is 16.4 Å². The number of hydrogen-bond acceptors (Lipinski definition) is 3. The van der Waals surface area contributed by atoms with Crippen molar-refractivity contribution in [1.29, 1.82) is 0 Å². The van der Waals surface area contributed by atoms with Gasteiger partial charge in [-0.15, -0.1) is 5.10 Å². The number of aromatic carboxylic acids is 1. The van der Waals surface area contributed by atoms with Gasteiger partial charge in [0.15, 0.2) is 5.69 Å². The van der Waals surface area contributed by atoms with Crippen molar-refractivity contribution in [2.75, 3.05) is 0 Å². The minimum absolute atomic E-state index is 0.0844. The van der Waals surface area contributed by atoms with Crippen LogP contribution in [0.3, 0.4) is 0 Å². The van der Waals surface area contributed by atoms with Crippen molar-refractivity contribution in [2.45, 2.75) is 6.92 Å². The van der Waals surface area contributed by atoms with Gasteiger partial charge in [-0.05, 0) is 31.2 Å². The Hall–Kier alpha value is -2.66. The monoisotopic (exact) mass is 313 g/mol. The number of hydrogen-bond donors (Lipinski definition) is 1. The molecule has 5 nitrogen and oxygen atoms in total. The summed E-state index contributed by atoms with van der Waals surface area (Å²) >= 11 is 5.89. The molecule has 1 N–H and O–H groups in total. The molecule has 0 amide bonds. The molecule has 1 heterocycles. The van der Waals surface area contributed by atoms with Crippen molar-refractivity contribution in [3.8, 4) is 16.9 Å². The zero-order valence-corrected chi connectivity index (χ0v) is 12.4. The molecule has 1 aromatic heterocycles. The summed E-state index contributed by atoms with van der Waals surface area (Å²) in [5.41, 5.74) is 2.88. The van der Waals surface area contributed by atoms with Crippen molar-refractivity contribution in [3.63, 3.8) is 0 Å². The smallest absolute Gasteiger partial charge is 0.358 e. The number of rotatable bonds is 3. The molecule has 0 atom stereocenters. The Kier molecular flexibility index (Phi) is 3.65. The predicted molar refractivity (Wildman–Crippen MR) is 83.5 cm³/mol. The van der Waals surface area contributed by atoms with Crippen LogP contribution in [0, 0.1) is 6.92 Å². The van der Waals surface area contributed by atoms with Gasteiger partial charge in [0.25, 0.3) is 0 Å². The first-order chi connectivity index (χ1) is 10.6. The van der Waals surface area contributed by atoms with E-state index in [-0.39, 0.29) is 5.69 Å². The maximum absolute atomic E-state index is 11.4. The average Bonchev–Trinajstić information content (AvgIpc) is 2.94. The van der Waals surface area contributed by atoms with Gasteiger partial charge in [0.05, 0.1) is 5.69 Å². The summed E-state index contributed by atoms with van der Waals surface area (Å²) in [6, 6.07) is 14.5. The van der Waals surface area contributed by atoms with Crippen LogP contribution in [0.15, 0.2) is 48.5 Å². The first-order valence-corrected chi connectivity index (χ1v) is 6.96. The summed E-state index contributed by atoms with van der Waals surface area (Å²) in [5.74, 6) is -1.12. The topological polar surface area (TPSA) is 68.0 Å². The number of halogens is 1. The zero-order chi connectivity index (χ0) is 15.7. The predicted octanol–water partition coefficient (Wildman–Crippen LogP) is 3.59. The number of carboxylic acid groups (broad SMARTS) is 1. The van der Waals surface area contributed by atoms with Crippen molar-refractivity contribution >= 4 is 17.6 Å². The number of nitrogens with zero attached hydrogens (tertiary/aromatic N) is 3. The largest absolute Gasteiger partial charge is 0.476 e. The second-order valence-electron chi connectivity index (χ2n) is 4.85. The SMILES string of the molecule is Cc1ccc(-c2c(C(=O)O)nnn2-c2ccc(Cl)cc2)cc1. The molecule has 2 aromatic carbocycles. The van der Waals surface area contributed by atoms with Gasteiger partial charge in [-0.25, -0.2) is 9.48 Å². The number of carboxylic acids is 1. The van der Waals surface area contributed by atoms with Crippen LogP contribution in [0.1, 0.15) is 16.1 Å². The molecule has 0 saturated carbocycles. The highest BCUT2D eigenvalue weighted by Gasteiger charge is 2.21. The normalized spacial score (nSPS) is 10.6. The van der Waals surface area contributed by atoms with Crippen LogP contribution in [0.25, 0.3) is 16.9 Å². The molecule has 3 rings (SSSR count). The molecular formula is C16H12ClN3O2. The van der Waals surface area contributed by atoms with Crippen LogP contribution >= 0.6 is 11.6 Å². The van der Waals surface area contributed by atoms with E-state index in [2.05, 4.69) is 10.3 Å². The van der Waals surface area contributed by atoms with Crippen LogP contribution < -0.4 is 0 Å². The summed E-state index contributed by atoms with van der Waals surface area (Å²) < 4.78 is 1.50. The van der Waals surface area contributed by atoms with E-state index in [1.54, 1.807) is 24.3 Å². The van der Waals surface area contributed by atoms with Gasteiger partial charge < -0.3 is 5.11 Å². The van der Waals surface area contributed by atoms with Gasteiger partial charge in [-0.1, -0.05) is 46.6 Å². The first-order valence-electron chi connectivity index (χ1n) is 6.58. The molecule has 0 fully saturated rings. The van der Waals surface area contributed by atoms with Crippen LogP contribution in [0.2, 0.25) is 5.02 Å². The molecule has 0 aliphatic heterocycles. The Bertz CT molecular complexity index is 824. The third kappa shape index (κ3) is 2.58. The highest BCUT2D eigenvalue weighted by Crippen LogP contribution is 2.26. The molecular weight excluding hydrogens is 302 g/mol. The summed E-state index contributed by atoms with van der Waals surface area (Å²) in [6.07, 6.45) is 0. The molecule has 0 bridgehead atoms. The highest BCUT2D eigenvalue weighted by atomic mass is 35.5. The van der Waals surface area contributed by atoms with Crippen LogP contribution in [0.5, 0.6) is 0 Å². The molecule has 22 heavy (non-hydrogen) atoms.